The third kappa shape index (κ3) is 3.37. The highest BCUT2D eigenvalue weighted by Crippen LogP contribution is 2.30. The van der Waals surface area contributed by atoms with Crippen LogP contribution in [0, 0.1) is 0 Å². The van der Waals surface area contributed by atoms with Crippen molar-refractivity contribution in [2.75, 3.05) is 13.1 Å². The minimum Gasteiger partial charge on any atom is -0.358 e. The molecule has 0 spiro atoms. The normalized spacial score (nSPS) is 18.0. The van der Waals surface area contributed by atoms with Crippen LogP contribution in [-0.2, 0) is 4.79 Å². The number of carbonyl (C=O) groups excluding carboxylic acids is 2. The van der Waals surface area contributed by atoms with E-state index in [0.717, 1.165) is 25.9 Å². The molecule has 1 aromatic heterocycles. The SMILES string of the molecule is CC(C(=O)NC(N)=O)N1CCC(c2cc3ccccc3[nH]2)CC1. The number of rotatable bonds is 3. The van der Waals surface area contributed by atoms with Crippen LogP contribution >= 0.6 is 0 Å². The van der Waals surface area contributed by atoms with E-state index in [1.807, 2.05) is 19.1 Å². The van der Waals surface area contributed by atoms with Gasteiger partial charge in [0, 0.05) is 17.1 Å². The van der Waals surface area contributed by atoms with Crippen LogP contribution < -0.4 is 11.1 Å². The first kappa shape index (κ1) is 15.6. The molecular weight excluding hydrogens is 292 g/mol. The van der Waals surface area contributed by atoms with Crippen molar-refractivity contribution < 1.29 is 9.59 Å². The van der Waals surface area contributed by atoms with Gasteiger partial charge in [-0.05, 0) is 50.4 Å². The van der Waals surface area contributed by atoms with Gasteiger partial charge >= 0.3 is 6.03 Å². The number of amides is 3. The van der Waals surface area contributed by atoms with Crippen LogP contribution in [0.25, 0.3) is 10.9 Å². The Balaban J connectivity index is 1.61. The van der Waals surface area contributed by atoms with E-state index in [-0.39, 0.29) is 11.9 Å². The highest BCUT2D eigenvalue weighted by molar-refractivity contribution is 5.96. The number of H-pyrrole nitrogens is 1. The highest BCUT2D eigenvalue weighted by atomic mass is 16.2. The number of nitrogens with zero attached hydrogens (tertiary/aromatic N) is 1. The van der Waals surface area contributed by atoms with Crippen molar-refractivity contribution in [3.8, 4) is 0 Å². The standard InChI is InChI=1S/C17H22N4O2/c1-11(16(22)20-17(18)23)21-8-6-12(7-9-21)15-10-13-4-2-3-5-14(13)19-15/h2-5,10-12,19H,6-9H2,1H3,(H3,18,20,22,23). The number of nitrogens with two attached hydrogens (primary N) is 1. The molecule has 1 fully saturated rings. The van der Waals surface area contributed by atoms with E-state index < -0.39 is 6.03 Å². The van der Waals surface area contributed by atoms with E-state index in [2.05, 4.69) is 33.4 Å². The first-order valence-corrected chi connectivity index (χ1v) is 7.96. The third-order valence-corrected chi connectivity index (χ3v) is 4.69. The lowest BCUT2D eigenvalue weighted by atomic mass is 9.92. The van der Waals surface area contributed by atoms with Crippen LogP contribution in [0.15, 0.2) is 30.3 Å². The molecule has 2 aromatic rings. The number of carbonyl (C=O) groups is 2. The fourth-order valence-corrected chi connectivity index (χ4v) is 3.31. The summed E-state index contributed by atoms with van der Waals surface area (Å²) in [5, 5.41) is 3.39. The monoisotopic (exact) mass is 314 g/mol. The number of aromatic nitrogens is 1. The topological polar surface area (TPSA) is 91.2 Å². The number of hydrogen-bond acceptors (Lipinski definition) is 3. The Labute approximate surface area is 135 Å². The van der Waals surface area contributed by atoms with Gasteiger partial charge in [-0.25, -0.2) is 4.79 Å². The first-order valence-electron chi connectivity index (χ1n) is 7.96. The van der Waals surface area contributed by atoms with Gasteiger partial charge in [0.1, 0.15) is 0 Å². The molecule has 4 N–H and O–H groups in total. The van der Waals surface area contributed by atoms with E-state index in [1.54, 1.807) is 0 Å². The van der Waals surface area contributed by atoms with E-state index in [9.17, 15) is 9.59 Å². The Hall–Kier alpha value is -2.34. The van der Waals surface area contributed by atoms with Crippen molar-refractivity contribution in [2.24, 2.45) is 5.73 Å². The van der Waals surface area contributed by atoms with Gasteiger partial charge in [-0.1, -0.05) is 18.2 Å². The number of primary amides is 1. The Kier molecular flexibility index (Phi) is 4.34. The molecule has 1 aromatic carbocycles. The maximum Gasteiger partial charge on any atom is 0.318 e. The molecule has 23 heavy (non-hydrogen) atoms. The average molecular weight is 314 g/mol. The summed E-state index contributed by atoms with van der Waals surface area (Å²) in [4.78, 5) is 28.2. The van der Waals surface area contributed by atoms with Crippen LogP contribution in [-0.4, -0.2) is 41.0 Å². The van der Waals surface area contributed by atoms with Crippen molar-refractivity contribution in [3.63, 3.8) is 0 Å². The molecule has 1 aliphatic rings. The second-order valence-electron chi connectivity index (χ2n) is 6.15. The molecule has 0 saturated carbocycles. The van der Waals surface area contributed by atoms with E-state index >= 15 is 0 Å². The van der Waals surface area contributed by atoms with Gasteiger partial charge in [-0.3, -0.25) is 15.0 Å². The summed E-state index contributed by atoms with van der Waals surface area (Å²) in [6.07, 6.45) is 1.97. The molecular formula is C17H22N4O2. The maximum atomic E-state index is 11.9. The quantitative estimate of drug-likeness (QED) is 0.808. The predicted octanol–water partition coefficient (Wildman–Crippen LogP) is 1.93. The number of para-hydroxylation sites is 1. The summed E-state index contributed by atoms with van der Waals surface area (Å²) in [6.45, 7) is 3.46. The molecule has 0 radical (unpaired) electrons. The van der Waals surface area contributed by atoms with E-state index in [4.69, 9.17) is 5.73 Å². The number of piperidine rings is 1. The number of fused-ring (bicyclic) bond motifs is 1. The van der Waals surface area contributed by atoms with Gasteiger partial charge in [-0.2, -0.15) is 0 Å². The zero-order valence-corrected chi connectivity index (χ0v) is 13.2. The van der Waals surface area contributed by atoms with Crippen LogP contribution in [0.1, 0.15) is 31.4 Å². The summed E-state index contributed by atoms with van der Waals surface area (Å²) < 4.78 is 0. The molecule has 0 bridgehead atoms. The number of hydrogen-bond donors (Lipinski definition) is 3. The Morgan fingerprint density at radius 3 is 2.65 bits per heavy atom. The van der Waals surface area contributed by atoms with Gasteiger partial charge in [0.25, 0.3) is 0 Å². The lowest BCUT2D eigenvalue weighted by molar-refractivity contribution is -0.125. The minimum absolute atomic E-state index is 0.332. The van der Waals surface area contributed by atoms with Crippen LogP contribution in [0.4, 0.5) is 4.79 Å². The largest absolute Gasteiger partial charge is 0.358 e. The molecule has 3 amide bonds. The zero-order chi connectivity index (χ0) is 16.4. The van der Waals surface area contributed by atoms with Crippen LogP contribution in [0.5, 0.6) is 0 Å². The van der Waals surface area contributed by atoms with Gasteiger partial charge in [0.2, 0.25) is 5.91 Å². The summed E-state index contributed by atoms with van der Waals surface area (Å²) in [5.41, 5.74) is 7.43. The minimum atomic E-state index is -0.796. The third-order valence-electron chi connectivity index (χ3n) is 4.69. The van der Waals surface area contributed by atoms with Crippen LogP contribution in [0.3, 0.4) is 0 Å². The summed E-state index contributed by atoms with van der Waals surface area (Å²) in [6, 6.07) is 9.36. The Bertz CT molecular complexity index is 683. The van der Waals surface area contributed by atoms with Crippen LogP contribution in [0.2, 0.25) is 0 Å². The van der Waals surface area contributed by atoms with Crippen molar-refractivity contribution >= 4 is 22.8 Å². The molecule has 6 nitrogen and oxygen atoms in total. The smallest absolute Gasteiger partial charge is 0.318 e. The first-order chi connectivity index (χ1) is 11.0. The lowest BCUT2D eigenvalue weighted by Crippen LogP contribution is -2.50. The van der Waals surface area contributed by atoms with Gasteiger partial charge in [0.15, 0.2) is 0 Å². The number of urea groups is 1. The number of imide groups is 1. The number of likely N-dealkylation sites (tertiary alicyclic amines) is 1. The predicted molar refractivity (Wildman–Crippen MR) is 89.0 cm³/mol. The summed E-state index contributed by atoms with van der Waals surface area (Å²) in [7, 11) is 0. The second kappa shape index (κ2) is 6.42. The Morgan fingerprint density at radius 2 is 2.00 bits per heavy atom. The highest BCUT2D eigenvalue weighted by Gasteiger charge is 2.28. The molecule has 0 aliphatic carbocycles. The van der Waals surface area contributed by atoms with Gasteiger partial charge in [0.05, 0.1) is 6.04 Å². The number of benzene rings is 1. The molecule has 6 heteroatoms. The van der Waals surface area contributed by atoms with Crippen molar-refractivity contribution in [2.45, 2.75) is 31.7 Å². The van der Waals surface area contributed by atoms with Crippen molar-refractivity contribution in [3.05, 3.63) is 36.0 Å². The van der Waals surface area contributed by atoms with E-state index in [0.29, 0.717) is 5.92 Å². The molecule has 3 rings (SSSR count). The molecule has 122 valence electrons. The molecule has 1 atom stereocenters. The van der Waals surface area contributed by atoms with Crippen molar-refractivity contribution in [1.82, 2.24) is 15.2 Å². The Morgan fingerprint density at radius 1 is 1.30 bits per heavy atom. The fourth-order valence-electron chi connectivity index (χ4n) is 3.31. The molecule has 1 saturated heterocycles. The maximum absolute atomic E-state index is 11.9. The summed E-state index contributed by atoms with van der Waals surface area (Å²) in [5.74, 6) is 0.145. The second-order valence-corrected chi connectivity index (χ2v) is 6.15. The molecule has 1 aliphatic heterocycles. The van der Waals surface area contributed by atoms with Gasteiger partial charge in [-0.15, -0.1) is 0 Å². The molecule has 1 unspecified atom stereocenters. The van der Waals surface area contributed by atoms with Gasteiger partial charge < -0.3 is 10.7 Å². The average Bonchev–Trinajstić information content (AvgIpc) is 2.97. The fraction of sp³-hybridized carbons (Fsp3) is 0.412. The van der Waals surface area contributed by atoms with E-state index in [1.165, 1.54) is 16.6 Å². The lowest BCUT2D eigenvalue weighted by Gasteiger charge is -2.34. The number of aromatic amines is 1. The number of nitrogens with one attached hydrogen (secondary N) is 2. The molecule has 2 heterocycles. The zero-order valence-electron chi connectivity index (χ0n) is 13.2. The van der Waals surface area contributed by atoms with Crippen molar-refractivity contribution in [1.29, 1.82) is 0 Å². The summed E-state index contributed by atoms with van der Waals surface area (Å²) >= 11 is 0.